The van der Waals surface area contributed by atoms with Crippen LogP contribution in [-0.4, -0.2) is 4.57 Å². The predicted molar refractivity (Wildman–Crippen MR) is 33.2 cm³/mol. The molecule has 1 heterocycles. The van der Waals surface area contributed by atoms with Crippen LogP contribution in [0.2, 0.25) is 0 Å². The highest BCUT2D eigenvalue weighted by Crippen LogP contribution is 1.80. The van der Waals surface area contributed by atoms with Gasteiger partial charge in [0, 0.05) is 12.7 Å². The van der Waals surface area contributed by atoms with Crippen molar-refractivity contribution in [2.75, 3.05) is 0 Å². The summed E-state index contributed by atoms with van der Waals surface area (Å²) in [5.74, 6) is -0.338. The number of rotatable bonds is 2. The van der Waals surface area contributed by atoms with Crippen LogP contribution in [0.3, 0.4) is 0 Å². The van der Waals surface area contributed by atoms with Gasteiger partial charge in [-0.05, 0) is 0 Å². The summed E-state index contributed by atoms with van der Waals surface area (Å²) >= 11 is 0. The van der Waals surface area contributed by atoms with Gasteiger partial charge in [-0.2, -0.15) is 0 Å². The molecule has 0 bridgehead atoms. The first-order chi connectivity index (χ1) is 4.34. The predicted octanol–water partition coefficient (Wildman–Crippen LogP) is 0.627. The van der Waals surface area contributed by atoms with E-state index in [1.807, 2.05) is 0 Å². The summed E-state index contributed by atoms with van der Waals surface area (Å²) in [5, 5.41) is 0. The topological polar surface area (TPSA) is 35.1 Å². The summed E-state index contributed by atoms with van der Waals surface area (Å²) in [7, 11) is 0. The van der Waals surface area contributed by atoms with Crippen LogP contribution in [0.5, 0.6) is 0 Å². The molecule has 0 N–H and O–H groups in total. The lowest BCUT2D eigenvalue weighted by Crippen LogP contribution is -2.11. The Morgan fingerprint density at radius 2 is 2.67 bits per heavy atom. The largest absolute Gasteiger partial charge is 0.419 e. The first-order valence-electron chi connectivity index (χ1n) is 2.59. The van der Waals surface area contributed by atoms with Gasteiger partial charge in [0.2, 0.25) is 0 Å². The second-order valence-electron chi connectivity index (χ2n) is 1.61. The molecule has 48 valence electrons. The van der Waals surface area contributed by atoms with E-state index in [1.165, 1.54) is 10.8 Å². The van der Waals surface area contributed by atoms with Crippen molar-refractivity contribution in [3.05, 3.63) is 35.7 Å². The number of hydrogen-bond acceptors (Lipinski definition) is 2. The third-order valence-electron chi connectivity index (χ3n) is 0.970. The molecular formula is C6H7NO2. The van der Waals surface area contributed by atoms with E-state index in [1.54, 1.807) is 12.3 Å². The Labute approximate surface area is 52.2 Å². The van der Waals surface area contributed by atoms with Crippen molar-refractivity contribution in [1.29, 1.82) is 0 Å². The standard InChI is InChI=1S/C6H7NO2/c1-2-3-7-4-5-9-6(7)8/h2,4-5H,1,3H2. The zero-order chi connectivity index (χ0) is 6.69. The van der Waals surface area contributed by atoms with Gasteiger partial charge in [-0.25, -0.2) is 4.79 Å². The maximum Gasteiger partial charge on any atom is 0.419 e. The lowest BCUT2D eigenvalue weighted by molar-refractivity contribution is 0.488. The van der Waals surface area contributed by atoms with Crippen molar-refractivity contribution in [3.63, 3.8) is 0 Å². The van der Waals surface area contributed by atoms with E-state index in [9.17, 15) is 4.79 Å². The lowest BCUT2D eigenvalue weighted by Gasteiger charge is -1.87. The molecule has 0 spiro atoms. The summed E-state index contributed by atoms with van der Waals surface area (Å²) in [6, 6.07) is 0. The first kappa shape index (κ1) is 5.88. The molecule has 0 unspecified atom stereocenters. The van der Waals surface area contributed by atoms with Gasteiger partial charge in [0.05, 0.1) is 0 Å². The normalized spacial score (nSPS) is 9.33. The van der Waals surface area contributed by atoms with E-state index in [-0.39, 0.29) is 5.76 Å². The highest BCUT2D eigenvalue weighted by molar-refractivity contribution is 4.75. The fourth-order valence-electron chi connectivity index (χ4n) is 0.565. The number of nitrogens with zero attached hydrogens (tertiary/aromatic N) is 1. The maximum atomic E-state index is 10.6. The van der Waals surface area contributed by atoms with Crippen molar-refractivity contribution in [3.8, 4) is 0 Å². The molecule has 3 nitrogen and oxygen atoms in total. The molecule has 0 saturated carbocycles. The average molecular weight is 125 g/mol. The van der Waals surface area contributed by atoms with E-state index in [0.717, 1.165) is 0 Å². The summed E-state index contributed by atoms with van der Waals surface area (Å²) in [5.41, 5.74) is 0. The van der Waals surface area contributed by atoms with Crippen LogP contribution in [-0.2, 0) is 6.54 Å². The fourth-order valence-corrected chi connectivity index (χ4v) is 0.565. The van der Waals surface area contributed by atoms with E-state index in [2.05, 4.69) is 11.0 Å². The van der Waals surface area contributed by atoms with Gasteiger partial charge >= 0.3 is 5.76 Å². The summed E-state index contributed by atoms with van der Waals surface area (Å²) < 4.78 is 5.90. The monoisotopic (exact) mass is 125 g/mol. The highest BCUT2D eigenvalue weighted by Gasteiger charge is 1.91. The molecule has 0 aromatic carbocycles. The maximum absolute atomic E-state index is 10.6. The quantitative estimate of drug-likeness (QED) is 0.543. The summed E-state index contributed by atoms with van der Waals surface area (Å²) in [6.07, 6.45) is 4.56. The van der Waals surface area contributed by atoms with Gasteiger partial charge in [-0.3, -0.25) is 4.57 Å². The molecule has 9 heavy (non-hydrogen) atoms. The van der Waals surface area contributed by atoms with E-state index < -0.39 is 0 Å². The average Bonchev–Trinajstić information content (AvgIpc) is 2.18. The van der Waals surface area contributed by atoms with Gasteiger partial charge in [0.15, 0.2) is 0 Å². The molecule has 0 atom stereocenters. The molecule has 0 radical (unpaired) electrons. The molecule has 1 rings (SSSR count). The molecule has 0 aliphatic rings. The van der Waals surface area contributed by atoms with Crippen molar-refractivity contribution >= 4 is 0 Å². The van der Waals surface area contributed by atoms with Gasteiger partial charge in [-0.1, -0.05) is 6.08 Å². The smallest absolute Gasteiger partial charge is 0.416 e. The molecule has 0 fully saturated rings. The van der Waals surface area contributed by atoms with Crippen LogP contribution in [0.1, 0.15) is 0 Å². The molecule has 0 aliphatic heterocycles. The van der Waals surface area contributed by atoms with Crippen LogP contribution >= 0.6 is 0 Å². The fraction of sp³-hybridized carbons (Fsp3) is 0.167. The Morgan fingerprint density at radius 3 is 3.11 bits per heavy atom. The zero-order valence-electron chi connectivity index (χ0n) is 4.91. The molecular weight excluding hydrogens is 118 g/mol. The third kappa shape index (κ3) is 1.10. The number of aromatic nitrogens is 1. The molecule has 0 aliphatic carbocycles. The molecule has 0 amide bonds. The van der Waals surface area contributed by atoms with Crippen molar-refractivity contribution < 1.29 is 4.42 Å². The Balaban J connectivity index is 2.93. The number of oxazole rings is 1. The van der Waals surface area contributed by atoms with E-state index in [0.29, 0.717) is 6.54 Å². The van der Waals surface area contributed by atoms with Crippen LogP contribution < -0.4 is 5.76 Å². The Morgan fingerprint density at radius 1 is 1.89 bits per heavy atom. The van der Waals surface area contributed by atoms with Crippen molar-refractivity contribution in [1.82, 2.24) is 4.57 Å². The molecule has 3 heteroatoms. The Bertz CT molecular complexity index is 246. The van der Waals surface area contributed by atoms with E-state index in [4.69, 9.17) is 0 Å². The van der Waals surface area contributed by atoms with Crippen molar-refractivity contribution in [2.45, 2.75) is 6.54 Å². The Kier molecular flexibility index (Phi) is 1.53. The Hall–Kier alpha value is -1.25. The van der Waals surface area contributed by atoms with Crippen LogP contribution in [0.15, 0.2) is 34.3 Å². The summed E-state index contributed by atoms with van der Waals surface area (Å²) in [4.78, 5) is 10.6. The van der Waals surface area contributed by atoms with Gasteiger partial charge in [0.1, 0.15) is 6.26 Å². The van der Waals surface area contributed by atoms with Crippen molar-refractivity contribution in [2.24, 2.45) is 0 Å². The number of allylic oxidation sites excluding steroid dienone is 1. The van der Waals surface area contributed by atoms with Gasteiger partial charge < -0.3 is 4.42 Å². The molecule has 1 aromatic heterocycles. The third-order valence-corrected chi connectivity index (χ3v) is 0.970. The van der Waals surface area contributed by atoms with Crippen LogP contribution in [0.25, 0.3) is 0 Å². The molecule has 1 aromatic rings. The minimum Gasteiger partial charge on any atom is -0.416 e. The lowest BCUT2D eigenvalue weighted by atomic mass is 10.6. The van der Waals surface area contributed by atoms with Gasteiger partial charge in [-0.15, -0.1) is 6.58 Å². The SMILES string of the molecule is C=CCn1ccoc1=O. The minimum absolute atomic E-state index is 0.338. The second kappa shape index (κ2) is 2.35. The minimum atomic E-state index is -0.338. The first-order valence-corrected chi connectivity index (χ1v) is 2.59. The number of hydrogen-bond donors (Lipinski definition) is 0. The van der Waals surface area contributed by atoms with E-state index >= 15 is 0 Å². The zero-order valence-corrected chi connectivity index (χ0v) is 4.91. The highest BCUT2D eigenvalue weighted by atomic mass is 16.4. The van der Waals surface area contributed by atoms with Crippen LogP contribution in [0, 0.1) is 0 Å². The second-order valence-corrected chi connectivity index (χ2v) is 1.61. The van der Waals surface area contributed by atoms with Gasteiger partial charge in [0.25, 0.3) is 0 Å². The van der Waals surface area contributed by atoms with Crippen LogP contribution in [0.4, 0.5) is 0 Å². The summed E-state index contributed by atoms with van der Waals surface area (Å²) in [6.45, 7) is 3.98. The molecule has 0 saturated heterocycles.